The lowest BCUT2D eigenvalue weighted by Gasteiger charge is -2.09. The van der Waals surface area contributed by atoms with Crippen LogP contribution in [0.4, 0.5) is 17.2 Å². The first-order chi connectivity index (χ1) is 12.1. The van der Waals surface area contributed by atoms with Crippen molar-refractivity contribution in [2.45, 2.75) is 13.3 Å². The van der Waals surface area contributed by atoms with Crippen molar-refractivity contribution >= 4 is 17.2 Å². The van der Waals surface area contributed by atoms with E-state index in [0.29, 0.717) is 47.6 Å². The quantitative estimate of drug-likeness (QED) is 0.624. The highest BCUT2D eigenvalue weighted by Crippen LogP contribution is 2.28. The van der Waals surface area contributed by atoms with Crippen molar-refractivity contribution in [3.05, 3.63) is 41.8 Å². The lowest BCUT2D eigenvalue weighted by atomic mass is 10.1. The molecule has 0 atom stereocenters. The van der Waals surface area contributed by atoms with Crippen LogP contribution in [0, 0.1) is 0 Å². The molecule has 3 rings (SSSR count). The number of ether oxygens (including phenoxy) is 1. The van der Waals surface area contributed by atoms with Gasteiger partial charge in [-0.1, -0.05) is 12.1 Å². The zero-order valence-electron chi connectivity index (χ0n) is 14.1. The summed E-state index contributed by atoms with van der Waals surface area (Å²) >= 11 is 0. The number of benzene rings is 1. The summed E-state index contributed by atoms with van der Waals surface area (Å²) in [5.41, 5.74) is 14.2. The van der Waals surface area contributed by atoms with Crippen LogP contribution in [-0.4, -0.2) is 28.8 Å². The van der Waals surface area contributed by atoms with Gasteiger partial charge in [-0.05, 0) is 30.7 Å². The molecule has 3 aromatic rings. The smallest absolute Gasteiger partial charge is 0.266 e. The maximum atomic E-state index is 5.94. The number of nitrogens with one attached hydrogen (secondary N) is 1. The van der Waals surface area contributed by atoms with E-state index in [1.54, 1.807) is 13.2 Å². The molecule has 0 aliphatic carbocycles. The Morgan fingerprint density at radius 3 is 2.60 bits per heavy atom. The molecule has 8 nitrogen and oxygen atoms in total. The fourth-order valence-corrected chi connectivity index (χ4v) is 2.33. The predicted octanol–water partition coefficient (Wildman–Crippen LogP) is 2.33. The van der Waals surface area contributed by atoms with E-state index >= 15 is 0 Å². The Morgan fingerprint density at radius 2 is 1.92 bits per heavy atom. The minimum absolute atomic E-state index is 0.300. The van der Waals surface area contributed by atoms with Crippen LogP contribution in [0.5, 0.6) is 5.75 Å². The van der Waals surface area contributed by atoms with Crippen LogP contribution < -0.4 is 21.5 Å². The van der Waals surface area contributed by atoms with Crippen LogP contribution in [-0.2, 0) is 6.42 Å². The third-order valence-electron chi connectivity index (χ3n) is 3.64. The Morgan fingerprint density at radius 1 is 1.16 bits per heavy atom. The van der Waals surface area contributed by atoms with E-state index in [4.69, 9.17) is 20.6 Å². The largest absolute Gasteiger partial charge is 0.497 e. The van der Waals surface area contributed by atoms with Crippen LogP contribution in [0.3, 0.4) is 0 Å². The summed E-state index contributed by atoms with van der Waals surface area (Å²) < 4.78 is 10.9. The number of methoxy groups -OCH3 is 1. The van der Waals surface area contributed by atoms with Crippen molar-refractivity contribution < 1.29 is 9.15 Å². The predicted molar refractivity (Wildman–Crippen MR) is 96.3 cm³/mol. The van der Waals surface area contributed by atoms with Crippen LogP contribution in [0.25, 0.3) is 11.6 Å². The molecule has 0 saturated carbocycles. The highest BCUT2D eigenvalue weighted by molar-refractivity contribution is 5.79. The van der Waals surface area contributed by atoms with E-state index in [2.05, 4.69) is 20.5 Å². The van der Waals surface area contributed by atoms with Crippen LogP contribution in [0.15, 0.2) is 34.7 Å². The van der Waals surface area contributed by atoms with E-state index in [0.717, 1.165) is 11.3 Å². The summed E-state index contributed by atoms with van der Waals surface area (Å²) in [5.74, 6) is 2.09. The summed E-state index contributed by atoms with van der Waals surface area (Å²) in [6, 6.07) is 9.30. The summed E-state index contributed by atoms with van der Waals surface area (Å²) in [7, 11) is 1.63. The van der Waals surface area contributed by atoms with Gasteiger partial charge in [-0.25, -0.2) is 4.98 Å². The number of hydrogen-bond acceptors (Lipinski definition) is 8. The molecule has 0 bridgehead atoms. The van der Waals surface area contributed by atoms with Crippen molar-refractivity contribution in [1.29, 1.82) is 0 Å². The zero-order chi connectivity index (χ0) is 17.8. The zero-order valence-corrected chi connectivity index (χ0v) is 14.1. The number of nitrogens with two attached hydrogens (primary N) is 2. The standard InChI is InChI=1S/C17H20N6O2/c1-3-20-16-15(19)12(18)9-13(21-16)17-23-22-14(25-17)8-10-4-6-11(24-2)7-5-10/h4-7,9H,3,8,19H2,1-2H3,(H3,18,20,21). The monoisotopic (exact) mass is 340 g/mol. The van der Waals surface area contributed by atoms with Crippen LogP contribution in [0.1, 0.15) is 18.4 Å². The maximum absolute atomic E-state index is 5.94. The lowest BCUT2D eigenvalue weighted by molar-refractivity contribution is 0.414. The molecule has 0 spiro atoms. The van der Waals surface area contributed by atoms with Gasteiger partial charge in [0.1, 0.15) is 11.4 Å². The van der Waals surface area contributed by atoms with Gasteiger partial charge in [0.15, 0.2) is 5.82 Å². The molecule has 0 amide bonds. The number of nitrogens with zero attached hydrogens (tertiary/aromatic N) is 3. The van der Waals surface area contributed by atoms with Gasteiger partial charge >= 0.3 is 0 Å². The third-order valence-corrected chi connectivity index (χ3v) is 3.64. The molecule has 0 fully saturated rings. The van der Waals surface area contributed by atoms with Gasteiger partial charge in [0.05, 0.1) is 24.9 Å². The average molecular weight is 340 g/mol. The first-order valence-electron chi connectivity index (χ1n) is 7.86. The Hall–Kier alpha value is -3.29. The molecule has 5 N–H and O–H groups in total. The van der Waals surface area contributed by atoms with Gasteiger partial charge in [0.25, 0.3) is 5.89 Å². The first kappa shape index (κ1) is 16.6. The minimum Gasteiger partial charge on any atom is -0.497 e. The number of nitrogen functional groups attached to an aromatic ring is 2. The molecule has 2 heterocycles. The first-order valence-corrected chi connectivity index (χ1v) is 7.86. The average Bonchev–Trinajstić information content (AvgIpc) is 3.08. The van der Waals surface area contributed by atoms with E-state index in [1.165, 1.54) is 0 Å². The van der Waals surface area contributed by atoms with E-state index in [1.807, 2.05) is 31.2 Å². The summed E-state index contributed by atoms with van der Waals surface area (Å²) in [4.78, 5) is 4.41. The van der Waals surface area contributed by atoms with E-state index in [-0.39, 0.29) is 0 Å². The van der Waals surface area contributed by atoms with Crippen molar-refractivity contribution in [2.75, 3.05) is 30.4 Å². The molecule has 8 heteroatoms. The second-order valence-corrected chi connectivity index (χ2v) is 5.42. The fourth-order valence-electron chi connectivity index (χ4n) is 2.33. The Bertz CT molecular complexity index is 860. The molecule has 130 valence electrons. The Labute approximate surface area is 145 Å². The molecule has 25 heavy (non-hydrogen) atoms. The number of anilines is 3. The number of rotatable bonds is 6. The van der Waals surface area contributed by atoms with Crippen molar-refractivity contribution in [3.63, 3.8) is 0 Å². The van der Waals surface area contributed by atoms with Crippen molar-refractivity contribution in [2.24, 2.45) is 0 Å². The van der Waals surface area contributed by atoms with Gasteiger partial charge in [0, 0.05) is 6.54 Å². The second-order valence-electron chi connectivity index (χ2n) is 5.42. The molecule has 0 unspecified atom stereocenters. The summed E-state index contributed by atoms with van der Waals surface area (Å²) in [6.07, 6.45) is 0.515. The second kappa shape index (κ2) is 7.08. The lowest BCUT2D eigenvalue weighted by Crippen LogP contribution is -2.07. The molecule has 0 aliphatic heterocycles. The number of pyridine rings is 1. The molecule has 2 aromatic heterocycles. The topological polar surface area (TPSA) is 125 Å². The van der Waals surface area contributed by atoms with E-state index in [9.17, 15) is 0 Å². The summed E-state index contributed by atoms with van der Waals surface area (Å²) in [5, 5.41) is 11.2. The molecule has 0 aliphatic rings. The fraction of sp³-hybridized carbons (Fsp3) is 0.235. The third kappa shape index (κ3) is 3.63. The Balaban J connectivity index is 1.83. The highest BCUT2D eigenvalue weighted by atomic mass is 16.5. The maximum Gasteiger partial charge on any atom is 0.266 e. The van der Waals surface area contributed by atoms with Gasteiger partial charge in [-0.15, -0.1) is 10.2 Å². The van der Waals surface area contributed by atoms with E-state index < -0.39 is 0 Å². The Kier molecular flexibility index (Phi) is 4.69. The molecular formula is C17H20N6O2. The minimum atomic E-state index is 0.300. The van der Waals surface area contributed by atoms with Gasteiger partial charge in [0.2, 0.25) is 5.89 Å². The molecule has 0 saturated heterocycles. The van der Waals surface area contributed by atoms with Crippen molar-refractivity contribution in [3.8, 4) is 17.3 Å². The van der Waals surface area contributed by atoms with Gasteiger partial charge in [-0.2, -0.15) is 0 Å². The molecule has 1 aromatic carbocycles. The highest BCUT2D eigenvalue weighted by Gasteiger charge is 2.14. The number of hydrogen-bond donors (Lipinski definition) is 3. The van der Waals surface area contributed by atoms with Crippen LogP contribution in [0.2, 0.25) is 0 Å². The molecular weight excluding hydrogens is 320 g/mol. The van der Waals surface area contributed by atoms with Crippen molar-refractivity contribution in [1.82, 2.24) is 15.2 Å². The normalized spacial score (nSPS) is 10.6. The molecule has 0 radical (unpaired) electrons. The van der Waals surface area contributed by atoms with Crippen LogP contribution >= 0.6 is 0 Å². The van der Waals surface area contributed by atoms with Gasteiger partial charge < -0.3 is 25.9 Å². The SMILES string of the molecule is CCNc1nc(-c2nnc(Cc3ccc(OC)cc3)o2)cc(N)c1N. The number of aromatic nitrogens is 3. The summed E-state index contributed by atoms with van der Waals surface area (Å²) in [6.45, 7) is 2.62. The van der Waals surface area contributed by atoms with Gasteiger partial charge in [-0.3, -0.25) is 0 Å².